The molecule has 0 spiro atoms. The van der Waals surface area contributed by atoms with Gasteiger partial charge in [-0.3, -0.25) is 0 Å². The Bertz CT molecular complexity index is 237. The molecule has 0 aromatic carbocycles. The second-order valence-corrected chi connectivity index (χ2v) is 3.32. The van der Waals surface area contributed by atoms with Gasteiger partial charge in [-0.2, -0.15) is 4.80 Å². The van der Waals surface area contributed by atoms with Crippen molar-refractivity contribution in [3.05, 3.63) is 5.82 Å². The Hall–Kier alpha value is -0.970. The molecular formula is C6H12N4O. The zero-order chi connectivity index (χ0) is 8.48. The monoisotopic (exact) mass is 156 g/mol. The maximum absolute atomic E-state index is 8.64. The first kappa shape index (κ1) is 8.13. The van der Waals surface area contributed by atoms with Crippen molar-refractivity contribution >= 4 is 0 Å². The maximum atomic E-state index is 8.64. The zero-order valence-corrected chi connectivity index (χ0v) is 6.94. The van der Waals surface area contributed by atoms with Gasteiger partial charge in [0.25, 0.3) is 0 Å². The Morgan fingerprint density at radius 3 is 2.36 bits per heavy atom. The lowest BCUT2D eigenvalue weighted by Crippen LogP contribution is -2.24. The second kappa shape index (κ2) is 2.58. The van der Waals surface area contributed by atoms with Crippen molar-refractivity contribution in [2.24, 2.45) is 0 Å². The minimum atomic E-state index is -0.166. The lowest BCUT2D eigenvalue weighted by atomic mass is 10.1. The van der Waals surface area contributed by atoms with Gasteiger partial charge in [0, 0.05) is 0 Å². The van der Waals surface area contributed by atoms with E-state index in [-0.39, 0.29) is 12.1 Å². The standard InChI is InChI=1S/C6H12N4O/c1-6(2,3)10-8-5(4-11)7-9-10/h11H,4H2,1-3H3. The van der Waals surface area contributed by atoms with Crippen molar-refractivity contribution in [1.82, 2.24) is 20.2 Å². The Balaban J connectivity index is 2.89. The van der Waals surface area contributed by atoms with Gasteiger partial charge in [-0.25, -0.2) is 0 Å². The lowest BCUT2D eigenvalue weighted by Gasteiger charge is -2.15. The van der Waals surface area contributed by atoms with Gasteiger partial charge in [0.1, 0.15) is 6.61 Å². The Morgan fingerprint density at radius 1 is 1.45 bits per heavy atom. The van der Waals surface area contributed by atoms with E-state index in [1.54, 1.807) is 0 Å². The normalized spacial score (nSPS) is 12.0. The SMILES string of the molecule is CC(C)(C)n1nnc(CO)n1. The number of hydrogen-bond acceptors (Lipinski definition) is 4. The molecule has 1 rings (SSSR count). The van der Waals surface area contributed by atoms with E-state index in [1.165, 1.54) is 4.80 Å². The first-order valence-corrected chi connectivity index (χ1v) is 3.44. The van der Waals surface area contributed by atoms with Crippen LogP contribution in [0.2, 0.25) is 0 Å². The van der Waals surface area contributed by atoms with E-state index in [4.69, 9.17) is 5.11 Å². The number of aromatic nitrogens is 4. The van der Waals surface area contributed by atoms with E-state index in [9.17, 15) is 0 Å². The molecule has 0 atom stereocenters. The molecule has 0 unspecified atom stereocenters. The molecule has 0 aliphatic heterocycles. The molecule has 0 aliphatic rings. The topological polar surface area (TPSA) is 63.8 Å². The van der Waals surface area contributed by atoms with Gasteiger partial charge in [0.15, 0.2) is 5.82 Å². The molecule has 62 valence electrons. The average Bonchev–Trinajstić information content (AvgIpc) is 2.32. The molecule has 0 saturated carbocycles. The summed E-state index contributed by atoms with van der Waals surface area (Å²) in [5, 5.41) is 20.0. The average molecular weight is 156 g/mol. The van der Waals surface area contributed by atoms with Gasteiger partial charge in [-0.1, -0.05) is 0 Å². The van der Waals surface area contributed by atoms with E-state index in [0.29, 0.717) is 5.82 Å². The number of hydrogen-bond donors (Lipinski definition) is 1. The van der Waals surface area contributed by atoms with Crippen molar-refractivity contribution < 1.29 is 5.11 Å². The molecule has 1 N–H and O–H groups in total. The van der Waals surface area contributed by atoms with Crippen LogP contribution in [0.1, 0.15) is 26.6 Å². The fourth-order valence-electron chi connectivity index (χ4n) is 0.591. The molecular weight excluding hydrogens is 144 g/mol. The summed E-state index contributed by atoms with van der Waals surface area (Å²) in [7, 11) is 0. The minimum Gasteiger partial charge on any atom is -0.388 e. The first-order valence-electron chi connectivity index (χ1n) is 3.44. The number of rotatable bonds is 1. The Kier molecular flexibility index (Phi) is 1.90. The van der Waals surface area contributed by atoms with E-state index < -0.39 is 0 Å². The predicted molar refractivity (Wildman–Crippen MR) is 38.7 cm³/mol. The summed E-state index contributed by atoms with van der Waals surface area (Å²) in [5.41, 5.74) is -0.166. The Labute approximate surface area is 65.0 Å². The van der Waals surface area contributed by atoms with E-state index >= 15 is 0 Å². The van der Waals surface area contributed by atoms with Crippen molar-refractivity contribution in [2.75, 3.05) is 0 Å². The van der Waals surface area contributed by atoms with Crippen LogP contribution in [0.5, 0.6) is 0 Å². The predicted octanol–water partition coefficient (Wildman–Crippen LogP) is -0.0796. The van der Waals surface area contributed by atoms with Crippen molar-refractivity contribution in [3.63, 3.8) is 0 Å². The van der Waals surface area contributed by atoms with Crippen LogP contribution in [0, 0.1) is 0 Å². The number of nitrogens with zero attached hydrogens (tertiary/aromatic N) is 4. The summed E-state index contributed by atoms with van der Waals surface area (Å²) in [6.07, 6.45) is 0. The summed E-state index contributed by atoms with van der Waals surface area (Å²) in [4.78, 5) is 1.48. The van der Waals surface area contributed by atoms with Crippen molar-refractivity contribution in [2.45, 2.75) is 32.9 Å². The zero-order valence-electron chi connectivity index (χ0n) is 6.94. The maximum Gasteiger partial charge on any atom is 0.200 e. The van der Waals surface area contributed by atoms with Gasteiger partial charge < -0.3 is 5.11 Å². The highest BCUT2D eigenvalue weighted by molar-refractivity contribution is 4.74. The molecule has 1 aromatic heterocycles. The van der Waals surface area contributed by atoms with Crippen LogP contribution in [0.15, 0.2) is 0 Å². The van der Waals surface area contributed by atoms with Gasteiger partial charge >= 0.3 is 0 Å². The molecule has 0 amide bonds. The van der Waals surface area contributed by atoms with Crippen LogP contribution in [0.3, 0.4) is 0 Å². The van der Waals surface area contributed by atoms with Gasteiger partial charge in [0.2, 0.25) is 0 Å². The number of tetrazole rings is 1. The molecule has 0 radical (unpaired) electrons. The number of aliphatic hydroxyl groups excluding tert-OH is 1. The second-order valence-electron chi connectivity index (χ2n) is 3.32. The highest BCUT2D eigenvalue weighted by Gasteiger charge is 2.16. The van der Waals surface area contributed by atoms with E-state index in [0.717, 1.165) is 0 Å². The smallest absolute Gasteiger partial charge is 0.200 e. The third-order valence-electron chi connectivity index (χ3n) is 1.20. The number of aliphatic hydroxyl groups is 1. The third kappa shape index (κ3) is 1.74. The highest BCUT2D eigenvalue weighted by Crippen LogP contribution is 2.08. The molecule has 11 heavy (non-hydrogen) atoms. The van der Waals surface area contributed by atoms with Crippen LogP contribution in [-0.2, 0) is 12.1 Å². The summed E-state index contributed by atoms with van der Waals surface area (Å²) >= 11 is 0. The molecule has 0 aliphatic carbocycles. The summed E-state index contributed by atoms with van der Waals surface area (Å²) in [5.74, 6) is 0.361. The van der Waals surface area contributed by atoms with E-state index in [1.807, 2.05) is 20.8 Å². The third-order valence-corrected chi connectivity index (χ3v) is 1.20. The fraction of sp³-hybridized carbons (Fsp3) is 0.833. The van der Waals surface area contributed by atoms with Crippen LogP contribution < -0.4 is 0 Å². The lowest BCUT2D eigenvalue weighted by molar-refractivity contribution is 0.265. The van der Waals surface area contributed by atoms with Gasteiger partial charge in [-0.05, 0) is 26.0 Å². The van der Waals surface area contributed by atoms with Crippen LogP contribution >= 0.6 is 0 Å². The van der Waals surface area contributed by atoms with Crippen molar-refractivity contribution in [1.29, 1.82) is 0 Å². The quantitative estimate of drug-likeness (QED) is 0.617. The molecule has 5 heteroatoms. The van der Waals surface area contributed by atoms with Crippen molar-refractivity contribution in [3.8, 4) is 0 Å². The molecule has 0 saturated heterocycles. The largest absolute Gasteiger partial charge is 0.388 e. The fourth-order valence-corrected chi connectivity index (χ4v) is 0.591. The summed E-state index contributed by atoms with van der Waals surface area (Å²) in [6.45, 7) is 5.75. The summed E-state index contributed by atoms with van der Waals surface area (Å²) in [6, 6.07) is 0. The highest BCUT2D eigenvalue weighted by atomic mass is 16.3. The van der Waals surface area contributed by atoms with Gasteiger partial charge in [-0.15, -0.1) is 10.2 Å². The van der Waals surface area contributed by atoms with Crippen LogP contribution in [-0.4, -0.2) is 25.3 Å². The molecule has 5 nitrogen and oxygen atoms in total. The molecule has 1 heterocycles. The van der Waals surface area contributed by atoms with E-state index in [2.05, 4.69) is 15.4 Å². The molecule has 0 fully saturated rings. The Morgan fingerprint density at radius 2 is 2.09 bits per heavy atom. The molecule has 0 bridgehead atoms. The van der Waals surface area contributed by atoms with Gasteiger partial charge in [0.05, 0.1) is 5.54 Å². The molecule has 1 aromatic rings. The summed E-state index contributed by atoms with van der Waals surface area (Å²) < 4.78 is 0. The van der Waals surface area contributed by atoms with Crippen LogP contribution in [0.25, 0.3) is 0 Å². The first-order chi connectivity index (χ1) is 5.04. The van der Waals surface area contributed by atoms with Crippen LogP contribution in [0.4, 0.5) is 0 Å². The minimum absolute atomic E-state index is 0.157.